The summed E-state index contributed by atoms with van der Waals surface area (Å²) in [4.78, 5) is 12.7. The van der Waals surface area contributed by atoms with Crippen molar-refractivity contribution in [2.45, 2.75) is 31.2 Å². The second kappa shape index (κ2) is 10.4. The van der Waals surface area contributed by atoms with Gasteiger partial charge in [0.05, 0.1) is 10.9 Å². The molecule has 1 atom stereocenters. The van der Waals surface area contributed by atoms with Crippen LogP contribution in [0.3, 0.4) is 0 Å². The number of allylic oxidation sites excluding steroid dienone is 3. The van der Waals surface area contributed by atoms with E-state index in [1.54, 1.807) is 12.1 Å². The van der Waals surface area contributed by atoms with E-state index < -0.39 is 24.0 Å². The Morgan fingerprint density at radius 2 is 1.44 bits per heavy atom. The number of rotatable bonds is 7. The monoisotopic (exact) mass is 490 g/mol. The van der Waals surface area contributed by atoms with Crippen LogP contribution in [0.15, 0.2) is 113 Å². The molecule has 0 spiro atoms. The molecule has 1 aliphatic rings. The third-order valence-electron chi connectivity index (χ3n) is 5.64. The van der Waals surface area contributed by atoms with E-state index in [1.807, 2.05) is 50.2 Å². The van der Waals surface area contributed by atoms with Crippen molar-refractivity contribution >= 4 is 34.6 Å². The molecule has 0 bridgehead atoms. The highest BCUT2D eigenvalue weighted by atomic mass is 32.2. The summed E-state index contributed by atoms with van der Waals surface area (Å²) in [6, 6.07) is 26.0. The lowest BCUT2D eigenvalue weighted by atomic mass is 10.1. The molecule has 174 valence electrons. The van der Waals surface area contributed by atoms with Gasteiger partial charge in [-0.15, -0.1) is 0 Å². The molecular weight excluding hydrogens is 463 g/mol. The number of aryl methyl sites for hydroxylation is 1. The quantitative estimate of drug-likeness (QED) is 0.471. The average Bonchev–Trinajstić information content (AvgIpc) is 3.30. The molecule has 0 heterocycles. The molecule has 3 aromatic carbocycles. The van der Waals surface area contributed by atoms with Crippen LogP contribution in [0, 0.1) is 6.92 Å². The van der Waals surface area contributed by atoms with Crippen LogP contribution in [0.1, 0.15) is 18.9 Å². The van der Waals surface area contributed by atoms with E-state index in [0.29, 0.717) is 6.42 Å². The fourth-order valence-corrected chi connectivity index (χ4v) is 7.46. The number of amides is 2. The Balaban J connectivity index is 1.58. The van der Waals surface area contributed by atoms with Crippen LogP contribution < -0.4 is 20.6 Å². The largest absolute Gasteiger partial charge is 0.331 e. The van der Waals surface area contributed by atoms with Crippen LogP contribution in [0.2, 0.25) is 0 Å². The molecule has 5 nitrogen and oxygen atoms in total. The minimum Gasteiger partial charge on any atom is -0.331 e. The highest BCUT2D eigenvalue weighted by molar-refractivity contribution is 7.90. The Morgan fingerprint density at radius 1 is 0.882 bits per heavy atom. The summed E-state index contributed by atoms with van der Waals surface area (Å²) in [6.45, 7) is 3.77. The Bertz CT molecular complexity index is 1280. The zero-order chi connectivity index (χ0) is 24.1. The van der Waals surface area contributed by atoms with Crippen molar-refractivity contribution in [1.29, 1.82) is 0 Å². The molecule has 0 aromatic heterocycles. The van der Waals surface area contributed by atoms with Crippen molar-refractivity contribution in [2.75, 3.05) is 0 Å². The van der Waals surface area contributed by atoms with Gasteiger partial charge in [0.15, 0.2) is 0 Å². The topological polar surface area (TPSA) is 75.3 Å². The molecule has 4 rings (SSSR count). The maximum absolute atomic E-state index is 12.6. The van der Waals surface area contributed by atoms with Crippen LogP contribution in [0.5, 0.6) is 0 Å². The van der Waals surface area contributed by atoms with E-state index in [1.165, 1.54) is 28.1 Å². The Labute approximate surface area is 202 Å². The third-order valence-corrected chi connectivity index (χ3v) is 9.53. The predicted octanol–water partition coefficient (Wildman–Crippen LogP) is 4.72. The van der Waals surface area contributed by atoms with E-state index >= 15 is 0 Å². The normalized spacial score (nSPS) is 14.3. The zero-order valence-electron chi connectivity index (χ0n) is 19.1. The molecule has 2 N–H and O–H groups in total. The van der Waals surface area contributed by atoms with Gasteiger partial charge in [0, 0.05) is 0 Å². The first-order valence-electron chi connectivity index (χ1n) is 11.0. The zero-order valence-corrected chi connectivity index (χ0v) is 20.8. The van der Waals surface area contributed by atoms with Crippen LogP contribution in [0.25, 0.3) is 0 Å². The number of benzene rings is 3. The summed E-state index contributed by atoms with van der Waals surface area (Å²) in [5.41, 5.74) is 2.03. The minimum absolute atomic E-state index is 0.0556. The van der Waals surface area contributed by atoms with Gasteiger partial charge in [0.25, 0.3) is 10.0 Å². The van der Waals surface area contributed by atoms with Crippen molar-refractivity contribution in [2.24, 2.45) is 0 Å². The molecule has 0 unspecified atom stereocenters. The van der Waals surface area contributed by atoms with E-state index in [0.717, 1.165) is 11.1 Å². The maximum atomic E-state index is 12.6. The molecule has 0 radical (unpaired) electrons. The number of sulfonamides is 1. The number of urea groups is 1. The van der Waals surface area contributed by atoms with Crippen molar-refractivity contribution in [1.82, 2.24) is 10.0 Å². The number of hydrogen-bond donors (Lipinski definition) is 2. The highest BCUT2D eigenvalue weighted by Crippen LogP contribution is 2.48. The van der Waals surface area contributed by atoms with Gasteiger partial charge in [0.1, 0.15) is 0 Å². The average molecular weight is 491 g/mol. The van der Waals surface area contributed by atoms with Gasteiger partial charge in [-0.05, 0) is 61.8 Å². The standard InChI is InChI=1S/C27H27N2O3PS/c1-20-16-18-24(19-17-20)34(31,32)29-27(30)28-21(2)25-14-9-15-26(25)33(22-10-5-3-6-11-22)23-12-7-4-8-13-23/h3-13,15-19,21H,14H2,1-2H3,(H2,28,29,30)/t21-/m1/s1. The predicted molar refractivity (Wildman–Crippen MR) is 139 cm³/mol. The Morgan fingerprint density at radius 3 is 2.00 bits per heavy atom. The SMILES string of the molecule is Cc1ccc(S(=O)(=O)NC(=O)N[C@H](C)C2=C(P(c3ccccc3)c3ccccc3)C=CC2)cc1. The summed E-state index contributed by atoms with van der Waals surface area (Å²) >= 11 is 0. The van der Waals surface area contributed by atoms with E-state index in [9.17, 15) is 13.2 Å². The second-order valence-corrected chi connectivity index (χ2v) is 12.0. The molecule has 1 aliphatic carbocycles. The first-order chi connectivity index (χ1) is 16.3. The smallest absolute Gasteiger partial charge is 0.329 e. The first kappa shape index (κ1) is 23.9. The molecule has 34 heavy (non-hydrogen) atoms. The van der Waals surface area contributed by atoms with Crippen molar-refractivity contribution in [3.63, 3.8) is 0 Å². The van der Waals surface area contributed by atoms with Crippen LogP contribution in [-0.2, 0) is 10.0 Å². The Hall–Kier alpha value is -3.21. The van der Waals surface area contributed by atoms with E-state index in [2.05, 4.69) is 46.5 Å². The van der Waals surface area contributed by atoms with Gasteiger partial charge in [-0.1, -0.05) is 90.5 Å². The van der Waals surface area contributed by atoms with Gasteiger partial charge in [-0.3, -0.25) is 0 Å². The van der Waals surface area contributed by atoms with Gasteiger partial charge < -0.3 is 5.32 Å². The van der Waals surface area contributed by atoms with Crippen LogP contribution >= 0.6 is 7.92 Å². The molecular formula is C27H27N2O3PS. The second-order valence-electron chi connectivity index (χ2n) is 8.14. The molecule has 7 heteroatoms. The number of carbonyl (C=O) groups is 1. The minimum atomic E-state index is -3.95. The fourth-order valence-electron chi connectivity index (χ4n) is 3.92. The van der Waals surface area contributed by atoms with Gasteiger partial charge in [-0.25, -0.2) is 17.9 Å². The van der Waals surface area contributed by atoms with Crippen LogP contribution in [0.4, 0.5) is 4.79 Å². The van der Waals surface area contributed by atoms with Gasteiger partial charge in [0.2, 0.25) is 0 Å². The van der Waals surface area contributed by atoms with Crippen molar-refractivity contribution < 1.29 is 13.2 Å². The fraction of sp³-hybridized carbons (Fsp3) is 0.148. The number of nitrogens with one attached hydrogen (secondary N) is 2. The molecule has 0 saturated carbocycles. The molecule has 0 saturated heterocycles. The van der Waals surface area contributed by atoms with Crippen LogP contribution in [-0.4, -0.2) is 20.5 Å². The van der Waals surface area contributed by atoms with Crippen molar-refractivity contribution in [3.05, 3.63) is 114 Å². The third kappa shape index (κ3) is 5.46. The van der Waals surface area contributed by atoms with Crippen molar-refractivity contribution in [3.8, 4) is 0 Å². The van der Waals surface area contributed by atoms with E-state index in [-0.39, 0.29) is 10.9 Å². The molecule has 3 aromatic rings. The molecule has 0 fully saturated rings. The van der Waals surface area contributed by atoms with Gasteiger partial charge in [-0.2, -0.15) is 0 Å². The lowest BCUT2D eigenvalue weighted by Gasteiger charge is -2.24. The molecule has 2 amide bonds. The lowest BCUT2D eigenvalue weighted by Crippen LogP contribution is -2.44. The summed E-state index contributed by atoms with van der Waals surface area (Å²) < 4.78 is 27.4. The maximum Gasteiger partial charge on any atom is 0.329 e. The summed E-state index contributed by atoms with van der Waals surface area (Å²) in [6.07, 6.45) is 4.95. The summed E-state index contributed by atoms with van der Waals surface area (Å²) in [5.74, 6) is 0. The number of hydrogen-bond acceptors (Lipinski definition) is 3. The lowest BCUT2D eigenvalue weighted by molar-refractivity contribution is 0.244. The highest BCUT2D eigenvalue weighted by Gasteiger charge is 2.26. The summed E-state index contributed by atoms with van der Waals surface area (Å²) in [7, 11) is -4.76. The van der Waals surface area contributed by atoms with E-state index in [4.69, 9.17) is 0 Å². The summed E-state index contributed by atoms with van der Waals surface area (Å²) in [5, 5.41) is 6.46. The molecule has 0 aliphatic heterocycles. The van der Waals surface area contributed by atoms with Gasteiger partial charge >= 0.3 is 6.03 Å². The number of carbonyl (C=O) groups excluding carboxylic acids is 1. The Kier molecular flexibility index (Phi) is 7.30. The first-order valence-corrected chi connectivity index (χ1v) is 13.9.